The van der Waals surface area contributed by atoms with Gasteiger partial charge >= 0.3 is 6.03 Å². The van der Waals surface area contributed by atoms with E-state index in [0.29, 0.717) is 42.1 Å². The SMILES string of the molecule is CCNC(=O)N(Cc1cc(-c2ccc(OC)cc2OC)on1)C1CC1. The van der Waals surface area contributed by atoms with Crippen LogP contribution in [0.5, 0.6) is 11.5 Å². The molecule has 0 aliphatic heterocycles. The predicted molar refractivity (Wildman–Crippen MR) is 92.7 cm³/mol. The van der Waals surface area contributed by atoms with Gasteiger partial charge in [-0.2, -0.15) is 0 Å². The lowest BCUT2D eigenvalue weighted by atomic mass is 10.1. The maximum absolute atomic E-state index is 12.2. The highest BCUT2D eigenvalue weighted by atomic mass is 16.5. The van der Waals surface area contributed by atoms with Gasteiger partial charge < -0.3 is 24.2 Å². The summed E-state index contributed by atoms with van der Waals surface area (Å²) < 4.78 is 16.1. The van der Waals surface area contributed by atoms with Crippen LogP contribution in [0.25, 0.3) is 11.3 Å². The van der Waals surface area contributed by atoms with Crippen LogP contribution < -0.4 is 14.8 Å². The van der Waals surface area contributed by atoms with Gasteiger partial charge in [0.25, 0.3) is 0 Å². The third-order valence-electron chi connectivity index (χ3n) is 4.14. The Morgan fingerprint density at radius 1 is 1.32 bits per heavy atom. The number of rotatable bonds is 7. The Balaban J connectivity index is 1.79. The van der Waals surface area contributed by atoms with Crippen LogP contribution in [0, 0.1) is 0 Å². The van der Waals surface area contributed by atoms with Crippen molar-refractivity contribution in [3.63, 3.8) is 0 Å². The van der Waals surface area contributed by atoms with Crippen molar-refractivity contribution in [1.29, 1.82) is 0 Å². The number of amides is 2. The van der Waals surface area contributed by atoms with Crippen LogP contribution in [0.2, 0.25) is 0 Å². The summed E-state index contributed by atoms with van der Waals surface area (Å²) in [5.41, 5.74) is 1.50. The highest BCUT2D eigenvalue weighted by Crippen LogP contribution is 2.34. The Labute approximate surface area is 146 Å². The van der Waals surface area contributed by atoms with Gasteiger partial charge in [0, 0.05) is 24.7 Å². The molecule has 1 fully saturated rings. The van der Waals surface area contributed by atoms with Gasteiger partial charge in [-0.15, -0.1) is 0 Å². The number of aromatic nitrogens is 1. The normalized spacial score (nSPS) is 13.4. The summed E-state index contributed by atoms with van der Waals surface area (Å²) in [5, 5.41) is 6.97. The van der Waals surface area contributed by atoms with E-state index in [0.717, 1.165) is 18.4 Å². The smallest absolute Gasteiger partial charge is 0.317 e. The molecule has 1 heterocycles. The molecule has 0 saturated heterocycles. The predicted octanol–water partition coefficient (Wildman–Crippen LogP) is 3.05. The van der Waals surface area contributed by atoms with Gasteiger partial charge in [0.2, 0.25) is 0 Å². The Hall–Kier alpha value is -2.70. The number of carbonyl (C=O) groups is 1. The molecule has 1 aromatic heterocycles. The Morgan fingerprint density at radius 3 is 2.76 bits per heavy atom. The first-order valence-corrected chi connectivity index (χ1v) is 8.38. The molecule has 0 bridgehead atoms. The van der Waals surface area contributed by atoms with E-state index in [9.17, 15) is 4.79 Å². The van der Waals surface area contributed by atoms with Gasteiger partial charge in [-0.05, 0) is 31.9 Å². The van der Waals surface area contributed by atoms with Crippen molar-refractivity contribution in [2.75, 3.05) is 20.8 Å². The second-order valence-electron chi connectivity index (χ2n) is 5.94. The minimum absolute atomic E-state index is 0.0587. The lowest BCUT2D eigenvalue weighted by Crippen LogP contribution is -2.40. The van der Waals surface area contributed by atoms with E-state index in [4.69, 9.17) is 14.0 Å². The number of hydrogen-bond donors (Lipinski definition) is 1. The molecule has 7 nitrogen and oxygen atoms in total. The number of nitrogens with one attached hydrogen (secondary N) is 1. The van der Waals surface area contributed by atoms with E-state index in [2.05, 4.69) is 10.5 Å². The molecule has 7 heteroatoms. The van der Waals surface area contributed by atoms with E-state index in [1.165, 1.54) is 0 Å². The molecule has 2 aromatic rings. The van der Waals surface area contributed by atoms with Crippen LogP contribution in [0.1, 0.15) is 25.5 Å². The van der Waals surface area contributed by atoms with Crippen LogP contribution in [0.4, 0.5) is 4.79 Å². The average molecular weight is 345 g/mol. The number of methoxy groups -OCH3 is 2. The van der Waals surface area contributed by atoms with Crippen molar-refractivity contribution in [2.24, 2.45) is 0 Å². The van der Waals surface area contributed by atoms with E-state index in [-0.39, 0.29) is 6.03 Å². The summed E-state index contributed by atoms with van der Waals surface area (Å²) in [6.45, 7) is 2.95. The van der Waals surface area contributed by atoms with Crippen LogP contribution in [-0.4, -0.2) is 42.9 Å². The molecule has 0 atom stereocenters. The summed E-state index contributed by atoms with van der Waals surface area (Å²) in [6, 6.07) is 7.58. The highest BCUT2D eigenvalue weighted by molar-refractivity contribution is 5.75. The van der Waals surface area contributed by atoms with Gasteiger partial charge in [-0.1, -0.05) is 5.16 Å². The number of carbonyl (C=O) groups excluding carboxylic acids is 1. The van der Waals surface area contributed by atoms with Crippen molar-refractivity contribution in [2.45, 2.75) is 32.4 Å². The fourth-order valence-corrected chi connectivity index (χ4v) is 2.70. The maximum Gasteiger partial charge on any atom is 0.317 e. The summed E-state index contributed by atoms with van der Waals surface area (Å²) in [6.07, 6.45) is 2.07. The summed E-state index contributed by atoms with van der Waals surface area (Å²) in [7, 11) is 3.20. The summed E-state index contributed by atoms with van der Waals surface area (Å²) >= 11 is 0. The third-order valence-corrected chi connectivity index (χ3v) is 4.14. The Kier molecular flexibility index (Phi) is 5.11. The van der Waals surface area contributed by atoms with E-state index < -0.39 is 0 Å². The minimum Gasteiger partial charge on any atom is -0.497 e. The van der Waals surface area contributed by atoms with Crippen molar-refractivity contribution >= 4 is 6.03 Å². The first-order valence-electron chi connectivity index (χ1n) is 8.38. The lowest BCUT2D eigenvalue weighted by Gasteiger charge is -2.21. The molecule has 0 unspecified atom stereocenters. The van der Waals surface area contributed by atoms with Crippen LogP contribution in [0.3, 0.4) is 0 Å². The second kappa shape index (κ2) is 7.46. The fourth-order valence-electron chi connectivity index (χ4n) is 2.70. The zero-order chi connectivity index (χ0) is 17.8. The van der Waals surface area contributed by atoms with Crippen molar-refractivity contribution in [3.8, 4) is 22.8 Å². The number of benzene rings is 1. The van der Waals surface area contributed by atoms with Gasteiger partial charge in [-0.25, -0.2) is 4.79 Å². The quantitative estimate of drug-likeness (QED) is 0.834. The summed E-state index contributed by atoms with van der Waals surface area (Å²) in [5.74, 6) is 1.95. The Morgan fingerprint density at radius 2 is 2.12 bits per heavy atom. The molecule has 25 heavy (non-hydrogen) atoms. The zero-order valence-corrected chi connectivity index (χ0v) is 14.7. The minimum atomic E-state index is -0.0587. The van der Waals surface area contributed by atoms with Gasteiger partial charge in [0.05, 0.1) is 26.3 Å². The number of ether oxygens (including phenoxy) is 2. The monoisotopic (exact) mass is 345 g/mol. The Bertz CT molecular complexity index is 740. The maximum atomic E-state index is 12.2. The fraction of sp³-hybridized carbons (Fsp3) is 0.444. The molecule has 0 radical (unpaired) electrons. The topological polar surface area (TPSA) is 76.8 Å². The molecule has 1 aliphatic carbocycles. The second-order valence-corrected chi connectivity index (χ2v) is 5.94. The molecule has 3 rings (SSSR count). The third kappa shape index (κ3) is 3.87. The number of urea groups is 1. The average Bonchev–Trinajstić information content (AvgIpc) is 3.37. The molecule has 1 saturated carbocycles. The molecule has 1 aromatic carbocycles. The first-order chi connectivity index (χ1) is 12.2. The largest absolute Gasteiger partial charge is 0.497 e. The van der Waals surface area contributed by atoms with Crippen molar-refractivity contribution in [1.82, 2.24) is 15.4 Å². The molecule has 1 aliphatic rings. The van der Waals surface area contributed by atoms with Crippen molar-refractivity contribution in [3.05, 3.63) is 30.0 Å². The highest BCUT2D eigenvalue weighted by Gasteiger charge is 2.33. The summed E-state index contributed by atoms with van der Waals surface area (Å²) in [4.78, 5) is 14.0. The molecule has 134 valence electrons. The number of hydrogen-bond acceptors (Lipinski definition) is 5. The van der Waals surface area contributed by atoms with Crippen LogP contribution in [0.15, 0.2) is 28.8 Å². The lowest BCUT2D eigenvalue weighted by molar-refractivity contribution is 0.191. The van der Waals surface area contributed by atoms with Gasteiger partial charge in [0.1, 0.15) is 17.2 Å². The zero-order valence-electron chi connectivity index (χ0n) is 14.7. The van der Waals surface area contributed by atoms with Crippen LogP contribution in [-0.2, 0) is 6.54 Å². The van der Waals surface area contributed by atoms with Gasteiger partial charge in [0.15, 0.2) is 5.76 Å². The van der Waals surface area contributed by atoms with E-state index >= 15 is 0 Å². The van der Waals surface area contributed by atoms with Crippen molar-refractivity contribution < 1.29 is 18.8 Å². The molecular formula is C18H23N3O4. The molecule has 2 amide bonds. The molecular weight excluding hydrogens is 322 g/mol. The molecule has 1 N–H and O–H groups in total. The standard InChI is InChI=1S/C18H23N3O4/c1-4-19-18(22)21(13-5-6-13)11-12-9-17(25-20-12)15-8-7-14(23-2)10-16(15)24-3/h7-10,13H,4-6,11H2,1-3H3,(H,19,22). The molecule has 0 spiro atoms. The first kappa shape index (κ1) is 17.1. The van der Waals surface area contributed by atoms with Gasteiger partial charge in [-0.3, -0.25) is 0 Å². The van der Waals surface area contributed by atoms with E-state index in [1.54, 1.807) is 20.3 Å². The van der Waals surface area contributed by atoms with E-state index in [1.807, 2.05) is 30.0 Å². The number of nitrogens with zero attached hydrogens (tertiary/aromatic N) is 2. The van der Waals surface area contributed by atoms with Crippen LogP contribution >= 0.6 is 0 Å².